The lowest BCUT2D eigenvalue weighted by molar-refractivity contribution is 0.305. The van der Waals surface area contributed by atoms with E-state index >= 15 is 0 Å². The van der Waals surface area contributed by atoms with E-state index in [1.807, 2.05) is 18.2 Å². The second kappa shape index (κ2) is 6.68. The Kier molecular flexibility index (Phi) is 4.93. The van der Waals surface area contributed by atoms with Gasteiger partial charge in [-0.2, -0.15) is 0 Å². The van der Waals surface area contributed by atoms with Gasteiger partial charge in [0, 0.05) is 18.0 Å². The van der Waals surface area contributed by atoms with Gasteiger partial charge in [0.2, 0.25) is 0 Å². The zero-order chi connectivity index (χ0) is 13.7. The molecule has 0 radical (unpaired) electrons. The third-order valence-corrected chi connectivity index (χ3v) is 3.51. The van der Waals surface area contributed by atoms with Gasteiger partial charge < -0.3 is 10.1 Å². The molecule has 3 nitrogen and oxygen atoms in total. The summed E-state index contributed by atoms with van der Waals surface area (Å²) in [5, 5.41) is 6.46. The van der Waals surface area contributed by atoms with Crippen molar-refractivity contribution >= 4 is 11.3 Å². The van der Waals surface area contributed by atoms with Gasteiger partial charge in [-0.1, -0.05) is 26.0 Å². The van der Waals surface area contributed by atoms with Crippen LogP contribution >= 0.6 is 11.3 Å². The van der Waals surface area contributed by atoms with E-state index in [1.165, 1.54) is 5.56 Å². The molecule has 102 valence electrons. The van der Waals surface area contributed by atoms with Gasteiger partial charge in [-0.3, -0.25) is 0 Å². The number of nitrogens with zero attached hydrogens (tertiary/aromatic N) is 1. The number of nitrogens with one attached hydrogen (secondary N) is 1. The van der Waals surface area contributed by atoms with Crippen LogP contribution in [0, 0.1) is 6.92 Å². The summed E-state index contributed by atoms with van der Waals surface area (Å²) in [6.07, 6.45) is 0. The third-order valence-electron chi connectivity index (χ3n) is 2.64. The lowest BCUT2D eigenvalue weighted by Crippen LogP contribution is -2.21. The van der Waals surface area contributed by atoms with Crippen LogP contribution in [0.2, 0.25) is 0 Å². The Labute approximate surface area is 118 Å². The number of thiazole rings is 1. The number of aryl methyl sites for hydroxylation is 1. The zero-order valence-electron chi connectivity index (χ0n) is 11.6. The van der Waals surface area contributed by atoms with E-state index in [4.69, 9.17) is 4.74 Å². The molecule has 0 saturated heterocycles. The monoisotopic (exact) mass is 276 g/mol. The summed E-state index contributed by atoms with van der Waals surface area (Å²) in [6.45, 7) is 7.68. The predicted octanol–water partition coefficient (Wildman–Crippen LogP) is 3.53. The van der Waals surface area contributed by atoms with Crippen molar-refractivity contribution in [2.24, 2.45) is 0 Å². The van der Waals surface area contributed by atoms with Crippen molar-refractivity contribution in [3.05, 3.63) is 45.9 Å². The van der Waals surface area contributed by atoms with Gasteiger partial charge in [-0.05, 0) is 24.6 Å². The van der Waals surface area contributed by atoms with Crippen molar-refractivity contribution in [3.63, 3.8) is 0 Å². The molecule has 1 aromatic carbocycles. The van der Waals surface area contributed by atoms with Crippen molar-refractivity contribution in [2.75, 3.05) is 0 Å². The lowest BCUT2D eigenvalue weighted by atomic mass is 10.2. The second-order valence-corrected chi connectivity index (χ2v) is 5.82. The van der Waals surface area contributed by atoms with Gasteiger partial charge in [-0.25, -0.2) is 4.98 Å². The lowest BCUT2D eigenvalue weighted by Gasteiger charge is -2.05. The van der Waals surface area contributed by atoms with Crippen molar-refractivity contribution in [2.45, 2.75) is 40.0 Å². The van der Waals surface area contributed by atoms with Crippen LogP contribution in [0.15, 0.2) is 29.6 Å². The minimum Gasteiger partial charge on any atom is -0.486 e. The number of hydrogen-bond donors (Lipinski definition) is 1. The maximum Gasteiger partial charge on any atom is 0.140 e. The maximum absolute atomic E-state index is 5.74. The number of aromatic nitrogens is 1. The Morgan fingerprint density at radius 2 is 2.21 bits per heavy atom. The van der Waals surface area contributed by atoms with Gasteiger partial charge in [0.25, 0.3) is 0 Å². The molecule has 0 saturated carbocycles. The Hall–Kier alpha value is -1.39. The predicted molar refractivity (Wildman–Crippen MR) is 79.6 cm³/mol. The average Bonchev–Trinajstić information content (AvgIpc) is 2.82. The second-order valence-electron chi connectivity index (χ2n) is 4.87. The molecule has 0 amide bonds. The number of ether oxygens (including phenoxy) is 1. The van der Waals surface area contributed by atoms with Crippen LogP contribution in [0.25, 0.3) is 0 Å². The van der Waals surface area contributed by atoms with E-state index in [0.717, 1.165) is 23.0 Å². The van der Waals surface area contributed by atoms with Crippen LogP contribution in [0.3, 0.4) is 0 Å². The highest BCUT2D eigenvalue weighted by Crippen LogP contribution is 2.16. The fourth-order valence-electron chi connectivity index (χ4n) is 1.66. The molecule has 0 atom stereocenters. The van der Waals surface area contributed by atoms with Crippen molar-refractivity contribution < 1.29 is 4.74 Å². The molecule has 1 heterocycles. The fourth-order valence-corrected chi connectivity index (χ4v) is 2.36. The molecule has 0 aliphatic rings. The maximum atomic E-state index is 5.74. The smallest absolute Gasteiger partial charge is 0.140 e. The van der Waals surface area contributed by atoms with Gasteiger partial charge >= 0.3 is 0 Å². The minimum absolute atomic E-state index is 0.480. The Bertz CT molecular complexity index is 522. The zero-order valence-corrected chi connectivity index (χ0v) is 12.5. The summed E-state index contributed by atoms with van der Waals surface area (Å²) >= 11 is 1.65. The molecule has 0 spiro atoms. The SMILES string of the molecule is Cc1cccc(OCc2nc(CNC(C)C)cs2)c1. The van der Waals surface area contributed by atoms with Crippen molar-refractivity contribution in [3.8, 4) is 5.75 Å². The molecule has 0 unspecified atom stereocenters. The van der Waals surface area contributed by atoms with Crippen molar-refractivity contribution in [1.29, 1.82) is 0 Å². The summed E-state index contributed by atoms with van der Waals surface area (Å²) in [5.41, 5.74) is 2.29. The van der Waals surface area contributed by atoms with E-state index in [2.05, 4.69) is 42.5 Å². The van der Waals surface area contributed by atoms with Gasteiger partial charge in [0.15, 0.2) is 0 Å². The van der Waals surface area contributed by atoms with Gasteiger partial charge in [0.1, 0.15) is 17.4 Å². The first kappa shape index (κ1) is 14.0. The standard InChI is InChI=1S/C15H20N2OS/c1-11(2)16-8-13-10-19-15(17-13)9-18-14-6-4-5-12(3)7-14/h4-7,10-11,16H,8-9H2,1-3H3. The van der Waals surface area contributed by atoms with Crippen LogP contribution in [-0.4, -0.2) is 11.0 Å². The number of rotatable bonds is 6. The van der Waals surface area contributed by atoms with E-state index in [9.17, 15) is 0 Å². The highest BCUT2D eigenvalue weighted by Gasteiger charge is 2.04. The molecular weight excluding hydrogens is 256 g/mol. The Morgan fingerprint density at radius 1 is 1.37 bits per heavy atom. The van der Waals surface area contributed by atoms with Gasteiger partial charge in [0.05, 0.1) is 5.69 Å². The van der Waals surface area contributed by atoms with Crippen LogP contribution in [-0.2, 0) is 13.2 Å². The molecule has 1 aromatic heterocycles. The summed E-state index contributed by atoms with van der Waals surface area (Å²) in [5.74, 6) is 0.900. The summed E-state index contributed by atoms with van der Waals surface area (Å²) < 4.78 is 5.74. The molecule has 19 heavy (non-hydrogen) atoms. The third kappa shape index (κ3) is 4.65. The molecule has 0 aliphatic heterocycles. The van der Waals surface area contributed by atoms with E-state index in [-0.39, 0.29) is 0 Å². The summed E-state index contributed by atoms with van der Waals surface area (Å²) in [4.78, 5) is 4.55. The number of hydrogen-bond acceptors (Lipinski definition) is 4. The minimum atomic E-state index is 0.480. The normalized spacial score (nSPS) is 10.9. The first-order chi connectivity index (χ1) is 9.13. The Balaban J connectivity index is 1.86. The van der Waals surface area contributed by atoms with E-state index in [0.29, 0.717) is 12.6 Å². The molecule has 0 aliphatic carbocycles. The van der Waals surface area contributed by atoms with Gasteiger partial charge in [-0.15, -0.1) is 11.3 Å². The van der Waals surface area contributed by atoms with E-state index < -0.39 is 0 Å². The average molecular weight is 276 g/mol. The summed E-state index contributed by atoms with van der Waals surface area (Å²) in [6, 6.07) is 8.56. The molecular formula is C15H20N2OS. The molecule has 2 aromatic rings. The number of benzene rings is 1. The quantitative estimate of drug-likeness (QED) is 0.876. The molecule has 1 N–H and O–H groups in total. The fraction of sp³-hybridized carbons (Fsp3) is 0.400. The molecule has 0 bridgehead atoms. The van der Waals surface area contributed by atoms with Crippen LogP contribution < -0.4 is 10.1 Å². The van der Waals surface area contributed by atoms with Crippen LogP contribution in [0.4, 0.5) is 0 Å². The molecule has 2 rings (SSSR count). The Morgan fingerprint density at radius 3 is 2.95 bits per heavy atom. The van der Waals surface area contributed by atoms with Crippen LogP contribution in [0.5, 0.6) is 5.75 Å². The first-order valence-corrected chi connectivity index (χ1v) is 7.37. The topological polar surface area (TPSA) is 34.1 Å². The highest BCUT2D eigenvalue weighted by atomic mass is 32.1. The highest BCUT2D eigenvalue weighted by molar-refractivity contribution is 7.09. The summed E-state index contributed by atoms with van der Waals surface area (Å²) in [7, 11) is 0. The van der Waals surface area contributed by atoms with E-state index in [1.54, 1.807) is 11.3 Å². The van der Waals surface area contributed by atoms with Crippen LogP contribution in [0.1, 0.15) is 30.1 Å². The first-order valence-electron chi connectivity index (χ1n) is 6.49. The largest absolute Gasteiger partial charge is 0.486 e. The molecule has 4 heteroatoms. The van der Waals surface area contributed by atoms with Crippen molar-refractivity contribution in [1.82, 2.24) is 10.3 Å². The molecule has 0 fully saturated rings.